The van der Waals surface area contributed by atoms with E-state index in [9.17, 15) is 14.4 Å². The van der Waals surface area contributed by atoms with Gasteiger partial charge in [0.2, 0.25) is 0 Å². The van der Waals surface area contributed by atoms with Crippen molar-refractivity contribution in [2.24, 2.45) is 0 Å². The highest BCUT2D eigenvalue weighted by atomic mass is 127. The lowest BCUT2D eigenvalue weighted by Crippen LogP contribution is -2.53. The highest BCUT2D eigenvalue weighted by molar-refractivity contribution is 14.1. The molecular weight excluding hydrogens is 533 g/mol. The van der Waals surface area contributed by atoms with E-state index in [1.807, 2.05) is 0 Å². The number of esters is 1. The van der Waals surface area contributed by atoms with Crippen LogP contribution in [-0.2, 0) is 25.4 Å². The topological polar surface area (TPSA) is 101 Å². The Morgan fingerprint density at radius 1 is 0.875 bits per heavy atom. The zero-order chi connectivity index (χ0) is 24.9. The molecule has 9 nitrogen and oxygen atoms in total. The second kappa shape index (κ2) is 11.1. The van der Waals surface area contributed by atoms with Gasteiger partial charge in [-0.3, -0.25) is 0 Å². The smallest absolute Gasteiger partial charge is 0.420 e. The third-order valence-electron chi connectivity index (χ3n) is 3.93. The van der Waals surface area contributed by atoms with Crippen LogP contribution in [0.4, 0.5) is 9.59 Å². The number of carbonyl (C=O) groups is 3. The zero-order valence-corrected chi connectivity index (χ0v) is 22.2. The fourth-order valence-corrected chi connectivity index (χ4v) is 3.29. The first-order valence-corrected chi connectivity index (χ1v) is 10.9. The molecular formula is C22H32INO8. The molecule has 1 rings (SSSR count). The number of halogens is 1. The minimum atomic E-state index is -1.34. The van der Waals surface area contributed by atoms with E-state index in [1.165, 1.54) is 21.3 Å². The van der Waals surface area contributed by atoms with Crippen molar-refractivity contribution in [2.75, 3.05) is 21.3 Å². The van der Waals surface area contributed by atoms with Gasteiger partial charge in [0.05, 0.1) is 21.3 Å². The molecule has 0 bridgehead atoms. The summed E-state index contributed by atoms with van der Waals surface area (Å²) in [4.78, 5) is 39.4. The number of methoxy groups -OCH3 is 3. The standard InChI is InChI=1S/C22H32INO8/c1-21(2,3)31-19(26)24(20(27)32-22(4,5)6)15(18(25)30-9)10-13-11-16(28-7)17(29-8)12-14(13)23/h11-12,15H,10H2,1-9H3/t15-/m0/s1. The third kappa shape index (κ3) is 8.03. The first-order valence-electron chi connectivity index (χ1n) is 9.87. The first-order chi connectivity index (χ1) is 14.6. The number of nitrogens with zero attached hydrogens (tertiary/aromatic N) is 1. The van der Waals surface area contributed by atoms with Gasteiger partial charge in [0, 0.05) is 9.99 Å². The molecule has 32 heavy (non-hydrogen) atoms. The molecule has 0 N–H and O–H groups in total. The van der Waals surface area contributed by atoms with Gasteiger partial charge in [-0.25, -0.2) is 14.4 Å². The number of amides is 2. The van der Waals surface area contributed by atoms with Gasteiger partial charge in [-0.05, 0) is 81.8 Å². The number of benzene rings is 1. The molecule has 10 heteroatoms. The maximum absolute atomic E-state index is 13.0. The van der Waals surface area contributed by atoms with Gasteiger partial charge in [-0.1, -0.05) is 0 Å². The molecule has 0 aliphatic rings. The van der Waals surface area contributed by atoms with Crippen molar-refractivity contribution in [3.8, 4) is 11.5 Å². The predicted molar refractivity (Wildman–Crippen MR) is 126 cm³/mol. The van der Waals surface area contributed by atoms with Crippen LogP contribution >= 0.6 is 22.6 Å². The normalized spacial score (nSPS) is 12.4. The molecule has 0 saturated carbocycles. The summed E-state index contributed by atoms with van der Waals surface area (Å²) in [6.07, 6.45) is -2.08. The Balaban J connectivity index is 3.52. The molecule has 1 aromatic rings. The summed E-state index contributed by atoms with van der Waals surface area (Å²) in [5.74, 6) is 0.145. The summed E-state index contributed by atoms with van der Waals surface area (Å²) in [6.45, 7) is 9.93. The van der Waals surface area contributed by atoms with E-state index < -0.39 is 35.4 Å². The lowest BCUT2D eigenvalue weighted by Gasteiger charge is -2.32. The monoisotopic (exact) mass is 565 g/mol. The highest BCUT2D eigenvalue weighted by Crippen LogP contribution is 2.32. The number of hydrogen-bond acceptors (Lipinski definition) is 8. The van der Waals surface area contributed by atoms with Crippen molar-refractivity contribution < 1.29 is 38.1 Å². The summed E-state index contributed by atoms with van der Waals surface area (Å²) in [5, 5.41) is 0. The van der Waals surface area contributed by atoms with Crippen LogP contribution in [0.1, 0.15) is 47.1 Å². The Hall–Kier alpha value is -2.24. The summed E-state index contributed by atoms with van der Waals surface area (Å²) in [7, 11) is 4.18. The SMILES string of the molecule is COC(=O)[C@H](Cc1cc(OC)c(OC)cc1I)N(C(=O)OC(C)(C)C)C(=O)OC(C)(C)C. The predicted octanol–water partition coefficient (Wildman–Crippen LogP) is 4.56. The summed E-state index contributed by atoms with van der Waals surface area (Å²) >= 11 is 2.08. The molecule has 0 heterocycles. The molecule has 0 spiro atoms. The quantitative estimate of drug-likeness (QED) is 0.281. The number of imide groups is 1. The number of ether oxygens (including phenoxy) is 5. The fourth-order valence-electron chi connectivity index (χ4n) is 2.63. The van der Waals surface area contributed by atoms with Crippen molar-refractivity contribution in [2.45, 2.75) is 65.2 Å². The molecule has 0 fully saturated rings. The molecule has 2 amide bonds. The van der Waals surface area contributed by atoms with Crippen LogP contribution in [-0.4, -0.2) is 61.6 Å². The minimum Gasteiger partial charge on any atom is -0.493 e. The van der Waals surface area contributed by atoms with Gasteiger partial charge < -0.3 is 23.7 Å². The van der Waals surface area contributed by atoms with Gasteiger partial charge in [0.1, 0.15) is 17.2 Å². The minimum absolute atomic E-state index is 0.0518. The van der Waals surface area contributed by atoms with Crippen LogP contribution in [0.2, 0.25) is 0 Å². The molecule has 0 aromatic heterocycles. The Bertz CT molecular complexity index is 814. The molecule has 0 aliphatic carbocycles. The van der Waals surface area contributed by atoms with Crippen molar-refractivity contribution in [3.63, 3.8) is 0 Å². The van der Waals surface area contributed by atoms with Crippen LogP contribution in [0, 0.1) is 3.57 Å². The second-order valence-electron chi connectivity index (χ2n) is 8.87. The highest BCUT2D eigenvalue weighted by Gasteiger charge is 2.41. The van der Waals surface area contributed by atoms with Crippen molar-refractivity contribution in [3.05, 3.63) is 21.3 Å². The van der Waals surface area contributed by atoms with Gasteiger partial charge >= 0.3 is 18.2 Å². The summed E-state index contributed by atoms with van der Waals surface area (Å²) < 4.78 is 27.1. The maximum atomic E-state index is 13.0. The Morgan fingerprint density at radius 3 is 1.69 bits per heavy atom. The van der Waals surface area contributed by atoms with Crippen LogP contribution in [0.3, 0.4) is 0 Å². The first kappa shape index (κ1) is 27.8. The van der Waals surface area contributed by atoms with Crippen molar-refractivity contribution in [1.82, 2.24) is 4.90 Å². The van der Waals surface area contributed by atoms with Crippen molar-refractivity contribution >= 4 is 40.7 Å². The Kier molecular flexibility index (Phi) is 9.61. The van der Waals surface area contributed by atoms with E-state index in [2.05, 4.69) is 22.6 Å². The van der Waals surface area contributed by atoms with Crippen LogP contribution in [0.15, 0.2) is 12.1 Å². The van der Waals surface area contributed by atoms with E-state index in [-0.39, 0.29) is 6.42 Å². The largest absolute Gasteiger partial charge is 0.493 e. The lowest BCUT2D eigenvalue weighted by molar-refractivity contribution is -0.146. The van der Waals surface area contributed by atoms with Crippen LogP contribution in [0.25, 0.3) is 0 Å². The van der Waals surface area contributed by atoms with E-state index >= 15 is 0 Å². The fraction of sp³-hybridized carbons (Fsp3) is 0.591. The molecule has 0 radical (unpaired) electrons. The van der Waals surface area contributed by atoms with Gasteiger partial charge in [-0.2, -0.15) is 4.90 Å². The molecule has 0 unspecified atom stereocenters. The van der Waals surface area contributed by atoms with E-state index in [0.29, 0.717) is 22.0 Å². The van der Waals surface area contributed by atoms with Crippen molar-refractivity contribution in [1.29, 1.82) is 0 Å². The molecule has 1 atom stereocenters. The van der Waals surface area contributed by atoms with Gasteiger partial charge in [-0.15, -0.1) is 0 Å². The van der Waals surface area contributed by atoms with E-state index in [0.717, 1.165) is 3.57 Å². The van der Waals surface area contributed by atoms with Gasteiger partial charge in [0.15, 0.2) is 11.5 Å². The van der Waals surface area contributed by atoms with Crippen LogP contribution < -0.4 is 9.47 Å². The third-order valence-corrected chi connectivity index (χ3v) is 4.94. The average Bonchev–Trinajstić information content (AvgIpc) is 2.64. The van der Waals surface area contributed by atoms with E-state index in [1.54, 1.807) is 53.7 Å². The number of hydrogen-bond donors (Lipinski definition) is 0. The summed E-state index contributed by atoms with van der Waals surface area (Å²) in [5.41, 5.74) is -1.18. The Labute approximate surface area is 202 Å². The maximum Gasteiger partial charge on any atom is 0.420 e. The average molecular weight is 565 g/mol. The molecule has 0 aliphatic heterocycles. The number of carbonyl (C=O) groups excluding carboxylic acids is 3. The Morgan fingerprint density at radius 2 is 1.31 bits per heavy atom. The molecule has 1 aromatic carbocycles. The second-order valence-corrected chi connectivity index (χ2v) is 10.0. The molecule has 0 saturated heterocycles. The van der Waals surface area contributed by atoms with Crippen LogP contribution in [0.5, 0.6) is 11.5 Å². The van der Waals surface area contributed by atoms with Gasteiger partial charge in [0.25, 0.3) is 0 Å². The zero-order valence-electron chi connectivity index (χ0n) is 20.0. The number of rotatable bonds is 6. The summed E-state index contributed by atoms with van der Waals surface area (Å²) in [6, 6.07) is 2.07. The lowest BCUT2D eigenvalue weighted by atomic mass is 10.0. The van der Waals surface area contributed by atoms with E-state index in [4.69, 9.17) is 23.7 Å². The molecule has 180 valence electrons.